The Hall–Kier alpha value is -2.20. The molecule has 122 valence electrons. The van der Waals surface area contributed by atoms with Crippen LogP contribution in [0, 0.1) is 0 Å². The smallest absolute Gasteiger partial charge is 0.305 e. The average Bonchev–Trinajstić information content (AvgIpc) is 2.78. The van der Waals surface area contributed by atoms with Crippen molar-refractivity contribution >= 4 is 44.9 Å². The first-order valence-electron chi connectivity index (χ1n) is 6.36. The Bertz CT molecular complexity index is 784. The molecule has 2 N–H and O–H groups in total. The monoisotopic (exact) mass is 355 g/mol. The Morgan fingerprint density at radius 3 is 2.61 bits per heavy atom. The summed E-state index contributed by atoms with van der Waals surface area (Å²) in [6.07, 6.45) is 2.23. The summed E-state index contributed by atoms with van der Waals surface area (Å²) in [5, 5.41) is 18.2. The van der Waals surface area contributed by atoms with Gasteiger partial charge in [0.05, 0.1) is 17.5 Å². The lowest BCUT2D eigenvalue weighted by Crippen LogP contribution is -2.26. The Morgan fingerprint density at radius 2 is 2.04 bits per heavy atom. The van der Waals surface area contributed by atoms with Crippen molar-refractivity contribution in [2.45, 2.75) is 16.6 Å². The number of nitrogens with one attached hydrogen (secondary N) is 1. The van der Waals surface area contributed by atoms with Gasteiger partial charge in [-0.2, -0.15) is 5.10 Å². The number of hydrogen-bond acceptors (Lipinski definition) is 7. The molecule has 0 radical (unpaired) electrons. The van der Waals surface area contributed by atoms with Crippen LogP contribution in [0.5, 0.6) is 0 Å². The van der Waals surface area contributed by atoms with E-state index in [9.17, 15) is 18.0 Å². The number of amides is 1. The molecular formula is C13H13N3O5S2. The highest BCUT2D eigenvalue weighted by Gasteiger charge is 2.32. The third-order valence-electron chi connectivity index (χ3n) is 2.80. The number of benzene rings is 1. The Kier molecular flexibility index (Phi) is 5.16. The molecule has 2 rings (SSSR count). The van der Waals surface area contributed by atoms with Crippen LogP contribution in [-0.4, -0.2) is 48.3 Å². The van der Waals surface area contributed by atoms with E-state index in [0.717, 1.165) is 18.0 Å². The molecule has 23 heavy (non-hydrogen) atoms. The molecule has 1 aliphatic heterocycles. The van der Waals surface area contributed by atoms with Crippen molar-refractivity contribution in [1.29, 1.82) is 0 Å². The number of amidine groups is 1. The van der Waals surface area contributed by atoms with Crippen LogP contribution in [-0.2, 0) is 19.4 Å². The van der Waals surface area contributed by atoms with Crippen molar-refractivity contribution in [2.75, 3.05) is 6.26 Å². The molecule has 1 amide bonds. The fourth-order valence-corrected chi connectivity index (χ4v) is 3.24. The van der Waals surface area contributed by atoms with Gasteiger partial charge < -0.3 is 10.4 Å². The molecule has 0 aliphatic carbocycles. The summed E-state index contributed by atoms with van der Waals surface area (Å²) in [5.41, 5.74) is 0.637. The average molecular weight is 355 g/mol. The zero-order valence-corrected chi connectivity index (χ0v) is 13.6. The molecule has 0 aromatic heterocycles. The van der Waals surface area contributed by atoms with Crippen LogP contribution in [0.3, 0.4) is 0 Å². The van der Waals surface area contributed by atoms with E-state index in [1.807, 2.05) is 0 Å². The third kappa shape index (κ3) is 4.89. The summed E-state index contributed by atoms with van der Waals surface area (Å²) in [4.78, 5) is 22.3. The summed E-state index contributed by atoms with van der Waals surface area (Å²) in [5.74, 6) is -1.47. The van der Waals surface area contributed by atoms with E-state index in [2.05, 4.69) is 15.5 Å². The van der Waals surface area contributed by atoms with Crippen LogP contribution in [0.15, 0.2) is 39.4 Å². The van der Waals surface area contributed by atoms with Gasteiger partial charge in [-0.25, -0.2) is 8.42 Å². The van der Waals surface area contributed by atoms with Crippen molar-refractivity contribution in [3.8, 4) is 0 Å². The summed E-state index contributed by atoms with van der Waals surface area (Å²) in [6, 6.07) is 6.07. The van der Waals surface area contributed by atoms with Gasteiger partial charge in [-0.05, 0) is 17.7 Å². The van der Waals surface area contributed by atoms with Gasteiger partial charge in [-0.3, -0.25) is 9.59 Å². The maximum atomic E-state index is 11.5. The minimum Gasteiger partial charge on any atom is -0.481 e. The van der Waals surface area contributed by atoms with Crippen LogP contribution in [0.25, 0.3) is 0 Å². The van der Waals surface area contributed by atoms with E-state index in [1.165, 1.54) is 18.3 Å². The second-order valence-corrected chi connectivity index (χ2v) is 7.89. The predicted octanol–water partition coefficient (Wildman–Crippen LogP) is 0.486. The largest absolute Gasteiger partial charge is 0.481 e. The highest BCUT2D eigenvalue weighted by Crippen LogP contribution is 2.22. The normalized spacial score (nSPS) is 20.1. The second kappa shape index (κ2) is 6.92. The number of carboxylic acids is 1. The molecule has 1 heterocycles. The molecule has 1 unspecified atom stereocenters. The van der Waals surface area contributed by atoms with Crippen molar-refractivity contribution in [2.24, 2.45) is 10.2 Å². The second-order valence-electron chi connectivity index (χ2n) is 4.68. The lowest BCUT2D eigenvalue weighted by molar-refractivity contribution is -0.138. The van der Waals surface area contributed by atoms with Gasteiger partial charge in [0.15, 0.2) is 15.0 Å². The maximum absolute atomic E-state index is 11.5. The summed E-state index contributed by atoms with van der Waals surface area (Å²) < 4.78 is 22.7. The van der Waals surface area contributed by atoms with Gasteiger partial charge in [0.1, 0.15) is 5.25 Å². The minimum absolute atomic E-state index is 0.205. The van der Waals surface area contributed by atoms with Crippen molar-refractivity contribution < 1.29 is 23.1 Å². The van der Waals surface area contributed by atoms with Crippen LogP contribution in [0.2, 0.25) is 0 Å². The van der Waals surface area contributed by atoms with E-state index in [0.29, 0.717) is 5.56 Å². The zero-order valence-electron chi connectivity index (χ0n) is 12.0. The summed E-state index contributed by atoms with van der Waals surface area (Å²) >= 11 is 1.00. The van der Waals surface area contributed by atoms with E-state index >= 15 is 0 Å². The molecule has 1 aromatic rings. The number of carboxylic acid groups (broad SMARTS) is 1. The van der Waals surface area contributed by atoms with Gasteiger partial charge in [-0.15, -0.1) is 5.10 Å². The fraction of sp³-hybridized carbons (Fsp3) is 0.231. The van der Waals surface area contributed by atoms with E-state index in [1.54, 1.807) is 12.1 Å². The number of carbonyl (C=O) groups excluding carboxylic acids is 1. The van der Waals surface area contributed by atoms with Crippen LogP contribution < -0.4 is 5.32 Å². The first-order chi connectivity index (χ1) is 10.8. The SMILES string of the molecule is CS(=O)(=O)c1ccc(C=NN=C2NC(=O)C(CC(=O)O)S2)cc1. The zero-order chi connectivity index (χ0) is 17.0. The van der Waals surface area contributed by atoms with E-state index in [-0.39, 0.29) is 16.5 Å². The van der Waals surface area contributed by atoms with Crippen molar-refractivity contribution in [3.05, 3.63) is 29.8 Å². The Morgan fingerprint density at radius 1 is 1.39 bits per heavy atom. The lowest BCUT2D eigenvalue weighted by Gasteiger charge is -1.98. The molecule has 1 saturated heterocycles. The van der Waals surface area contributed by atoms with Crippen LogP contribution in [0.4, 0.5) is 0 Å². The minimum atomic E-state index is -3.25. The van der Waals surface area contributed by atoms with Crippen LogP contribution in [0.1, 0.15) is 12.0 Å². The molecule has 1 aliphatic rings. The molecule has 0 bridgehead atoms. The molecule has 1 atom stereocenters. The number of sulfone groups is 1. The Balaban J connectivity index is 2.01. The first-order valence-corrected chi connectivity index (χ1v) is 9.13. The highest BCUT2D eigenvalue weighted by atomic mass is 32.2. The number of rotatable bonds is 5. The summed E-state index contributed by atoms with van der Waals surface area (Å²) in [7, 11) is -3.25. The van der Waals surface area contributed by atoms with E-state index in [4.69, 9.17) is 5.11 Å². The standard InChI is InChI=1S/C13H13N3O5S2/c1-23(20,21)9-4-2-8(3-5-9)7-14-16-13-15-12(19)10(22-13)6-11(17)18/h2-5,7,10H,6H2,1H3,(H,17,18)(H,15,16,19). The molecule has 0 spiro atoms. The van der Waals surface area contributed by atoms with Gasteiger partial charge in [-0.1, -0.05) is 23.9 Å². The third-order valence-corrected chi connectivity index (χ3v) is 5.00. The quantitative estimate of drug-likeness (QED) is 0.585. The summed E-state index contributed by atoms with van der Waals surface area (Å²) in [6.45, 7) is 0. The van der Waals surface area contributed by atoms with Gasteiger partial charge >= 0.3 is 5.97 Å². The highest BCUT2D eigenvalue weighted by molar-refractivity contribution is 8.15. The van der Waals surface area contributed by atoms with E-state index < -0.39 is 27.0 Å². The Labute approximate surface area is 136 Å². The predicted molar refractivity (Wildman–Crippen MR) is 86.4 cm³/mol. The van der Waals surface area contributed by atoms with Gasteiger partial charge in [0.25, 0.3) is 0 Å². The molecule has 0 saturated carbocycles. The number of carbonyl (C=O) groups is 2. The molecule has 8 nitrogen and oxygen atoms in total. The van der Waals surface area contributed by atoms with Gasteiger partial charge in [0.2, 0.25) is 5.91 Å². The van der Waals surface area contributed by atoms with Crippen molar-refractivity contribution in [1.82, 2.24) is 5.32 Å². The maximum Gasteiger partial charge on any atom is 0.305 e. The first kappa shape index (κ1) is 17.2. The number of aliphatic carboxylic acids is 1. The van der Waals surface area contributed by atoms with Crippen LogP contribution >= 0.6 is 11.8 Å². The molecule has 1 fully saturated rings. The van der Waals surface area contributed by atoms with Crippen molar-refractivity contribution in [3.63, 3.8) is 0 Å². The molecule has 10 heteroatoms. The lowest BCUT2D eigenvalue weighted by atomic mass is 10.2. The number of nitrogens with zero attached hydrogens (tertiary/aromatic N) is 2. The molecular weight excluding hydrogens is 342 g/mol. The fourth-order valence-electron chi connectivity index (χ4n) is 1.69. The number of thioether (sulfide) groups is 1. The number of hydrogen-bond donors (Lipinski definition) is 2. The molecule has 1 aromatic carbocycles. The topological polar surface area (TPSA) is 125 Å². The van der Waals surface area contributed by atoms with Gasteiger partial charge in [0, 0.05) is 6.26 Å².